The van der Waals surface area contributed by atoms with Gasteiger partial charge in [-0.1, -0.05) is 27.2 Å². The van der Waals surface area contributed by atoms with Crippen molar-refractivity contribution in [3.05, 3.63) is 0 Å². The van der Waals surface area contributed by atoms with E-state index in [1.165, 1.54) is 0 Å². The van der Waals surface area contributed by atoms with Crippen LogP contribution < -0.4 is 0 Å². The molecule has 0 amide bonds. The summed E-state index contributed by atoms with van der Waals surface area (Å²) in [7, 11) is 0. The van der Waals surface area contributed by atoms with E-state index in [1.54, 1.807) is 0 Å². The van der Waals surface area contributed by atoms with Gasteiger partial charge in [0.1, 0.15) is 0 Å². The van der Waals surface area contributed by atoms with Gasteiger partial charge in [-0.15, -0.1) is 0 Å². The highest BCUT2D eigenvalue weighted by Gasteiger charge is 2.27. The summed E-state index contributed by atoms with van der Waals surface area (Å²) in [6.45, 7) is 10.0. The molecule has 0 aromatic rings. The highest BCUT2D eigenvalue weighted by atomic mass is 16.3. The van der Waals surface area contributed by atoms with Crippen molar-refractivity contribution in [2.75, 3.05) is 0 Å². The number of aliphatic hydroxyl groups is 2. The molecule has 0 heterocycles. The molecule has 0 aliphatic rings. The molecule has 2 N–H and O–H groups in total. The van der Waals surface area contributed by atoms with E-state index in [-0.39, 0.29) is 0 Å². The second-order valence-electron chi connectivity index (χ2n) is 5.84. The van der Waals surface area contributed by atoms with Gasteiger partial charge in [0.25, 0.3) is 0 Å². The zero-order valence-corrected chi connectivity index (χ0v) is 11.0. The van der Waals surface area contributed by atoms with Crippen molar-refractivity contribution >= 4 is 0 Å². The molecule has 2 nitrogen and oxygen atoms in total. The molecule has 0 aromatic carbocycles. The number of rotatable bonds is 7. The van der Waals surface area contributed by atoms with Crippen LogP contribution in [0.25, 0.3) is 0 Å². The SMILES string of the molecule is CCCC(C)(O)CCC(C)(O)CC(C)C. The second kappa shape index (κ2) is 5.86. The van der Waals surface area contributed by atoms with Crippen molar-refractivity contribution in [3.63, 3.8) is 0 Å². The van der Waals surface area contributed by atoms with Crippen molar-refractivity contribution < 1.29 is 10.2 Å². The molecule has 2 atom stereocenters. The van der Waals surface area contributed by atoms with E-state index in [0.29, 0.717) is 18.8 Å². The average Bonchev–Trinajstić information content (AvgIpc) is 1.99. The first-order chi connectivity index (χ1) is 6.68. The first-order valence-corrected chi connectivity index (χ1v) is 6.13. The molecule has 0 radical (unpaired) electrons. The van der Waals surface area contributed by atoms with E-state index in [1.807, 2.05) is 13.8 Å². The van der Waals surface area contributed by atoms with E-state index >= 15 is 0 Å². The summed E-state index contributed by atoms with van der Waals surface area (Å²) in [5.74, 6) is 0.496. The third-order valence-corrected chi connectivity index (χ3v) is 2.84. The van der Waals surface area contributed by atoms with Crippen LogP contribution in [-0.2, 0) is 0 Å². The maximum atomic E-state index is 10.1. The van der Waals surface area contributed by atoms with Gasteiger partial charge in [0, 0.05) is 0 Å². The molecule has 0 aromatic heterocycles. The van der Waals surface area contributed by atoms with Gasteiger partial charge in [0.2, 0.25) is 0 Å². The smallest absolute Gasteiger partial charge is 0.0623 e. The van der Waals surface area contributed by atoms with Gasteiger partial charge >= 0.3 is 0 Å². The summed E-state index contributed by atoms with van der Waals surface area (Å²) < 4.78 is 0. The Morgan fingerprint density at radius 1 is 0.933 bits per heavy atom. The summed E-state index contributed by atoms with van der Waals surface area (Å²) in [5, 5.41) is 20.1. The van der Waals surface area contributed by atoms with Gasteiger partial charge in [0.15, 0.2) is 0 Å². The van der Waals surface area contributed by atoms with Crippen LogP contribution in [0, 0.1) is 5.92 Å². The molecule has 0 spiro atoms. The predicted molar refractivity (Wildman–Crippen MR) is 64.8 cm³/mol. The van der Waals surface area contributed by atoms with E-state index in [2.05, 4.69) is 20.8 Å². The van der Waals surface area contributed by atoms with E-state index in [4.69, 9.17) is 0 Å². The summed E-state index contributed by atoms with van der Waals surface area (Å²) in [6, 6.07) is 0. The Balaban J connectivity index is 4.01. The lowest BCUT2D eigenvalue weighted by Crippen LogP contribution is -2.32. The Hall–Kier alpha value is -0.0800. The first-order valence-electron chi connectivity index (χ1n) is 6.13. The van der Waals surface area contributed by atoms with Crippen LogP contribution in [0.2, 0.25) is 0 Å². The minimum absolute atomic E-state index is 0.496. The van der Waals surface area contributed by atoms with E-state index in [0.717, 1.165) is 19.3 Å². The van der Waals surface area contributed by atoms with Crippen molar-refractivity contribution in [2.24, 2.45) is 5.92 Å². The van der Waals surface area contributed by atoms with Gasteiger partial charge in [0.05, 0.1) is 11.2 Å². The third-order valence-electron chi connectivity index (χ3n) is 2.84. The highest BCUT2D eigenvalue weighted by Crippen LogP contribution is 2.27. The lowest BCUT2D eigenvalue weighted by Gasteiger charge is -2.30. The number of hydrogen-bond acceptors (Lipinski definition) is 2. The Labute approximate surface area is 94.7 Å². The van der Waals surface area contributed by atoms with E-state index in [9.17, 15) is 10.2 Å². The molecule has 2 unspecified atom stereocenters. The largest absolute Gasteiger partial charge is 0.390 e. The zero-order chi connectivity index (χ0) is 12.1. The van der Waals surface area contributed by atoms with Crippen LogP contribution in [0.15, 0.2) is 0 Å². The molecular formula is C13H28O2. The van der Waals surface area contributed by atoms with Crippen molar-refractivity contribution in [1.82, 2.24) is 0 Å². The summed E-state index contributed by atoms with van der Waals surface area (Å²) >= 11 is 0. The molecule has 2 heteroatoms. The van der Waals surface area contributed by atoms with Crippen LogP contribution >= 0.6 is 0 Å². The Bertz CT molecular complexity index is 171. The zero-order valence-electron chi connectivity index (χ0n) is 11.0. The second-order valence-corrected chi connectivity index (χ2v) is 5.84. The molecule has 0 rings (SSSR count). The monoisotopic (exact) mass is 216 g/mol. The third kappa shape index (κ3) is 7.80. The Kier molecular flexibility index (Phi) is 5.82. The number of hydrogen-bond donors (Lipinski definition) is 2. The van der Waals surface area contributed by atoms with Gasteiger partial charge in [-0.3, -0.25) is 0 Å². The fourth-order valence-electron chi connectivity index (χ4n) is 2.18. The molecule has 15 heavy (non-hydrogen) atoms. The standard InChI is InChI=1S/C13H28O2/c1-6-7-12(4,14)8-9-13(5,15)10-11(2)3/h11,14-15H,6-10H2,1-5H3. The topological polar surface area (TPSA) is 40.5 Å². The summed E-state index contributed by atoms with van der Waals surface area (Å²) in [6.07, 6.45) is 3.96. The molecular weight excluding hydrogens is 188 g/mol. The van der Waals surface area contributed by atoms with Crippen LogP contribution in [0.3, 0.4) is 0 Å². The van der Waals surface area contributed by atoms with Crippen molar-refractivity contribution in [2.45, 2.75) is 77.9 Å². The molecule has 0 aliphatic carbocycles. The minimum atomic E-state index is -0.633. The fourth-order valence-corrected chi connectivity index (χ4v) is 2.18. The van der Waals surface area contributed by atoms with E-state index < -0.39 is 11.2 Å². The first kappa shape index (κ1) is 14.9. The lowest BCUT2D eigenvalue weighted by molar-refractivity contribution is -0.0166. The Morgan fingerprint density at radius 3 is 1.80 bits per heavy atom. The van der Waals surface area contributed by atoms with Crippen LogP contribution in [-0.4, -0.2) is 21.4 Å². The maximum absolute atomic E-state index is 10.1. The van der Waals surface area contributed by atoms with Crippen LogP contribution in [0.4, 0.5) is 0 Å². The summed E-state index contributed by atoms with van der Waals surface area (Å²) in [5.41, 5.74) is -1.25. The molecule has 92 valence electrons. The normalized spacial score (nSPS) is 20.0. The average molecular weight is 216 g/mol. The van der Waals surface area contributed by atoms with Gasteiger partial charge in [-0.05, 0) is 45.4 Å². The Morgan fingerprint density at radius 2 is 1.40 bits per heavy atom. The van der Waals surface area contributed by atoms with Crippen LogP contribution in [0.5, 0.6) is 0 Å². The molecule has 0 saturated carbocycles. The lowest BCUT2D eigenvalue weighted by atomic mass is 9.84. The van der Waals surface area contributed by atoms with Gasteiger partial charge in [-0.2, -0.15) is 0 Å². The quantitative estimate of drug-likeness (QED) is 0.686. The van der Waals surface area contributed by atoms with Crippen LogP contribution in [0.1, 0.15) is 66.7 Å². The predicted octanol–water partition coefficient (Wildman–Crippen LogP) is 3.11. The molecule has 0 aliphatic heterocycles. The van der Waals surface area contributed by atoms with Crippen molar-refractivity contribution in [1.29, 1.82) is 0 Å². The van der Waals surface area contributed by atoms with Gasteiger partial charge < -0.3 is 10.2 Å². The van der Waals surface area contributed by atoms with Gasteiger partial charge in [-0.25, -0.2) is 0 Å². The minimum Gasteiger partial charge on any atom is -0.390 e. The fraction of sp³-hybridized carbons (Fsp3) is 1.00. The van der Waals surface area contributed by atoms with Crippen molar-refractivity contribution in [3.8, 4) is 0 Å². The summed E-state index contributed by atoms with van der Waals surface area (Å²) in [4.78, 5) is 0. The molecule has 0 bridgehead atoms. The molecule has 0 fully saturated rings. The highest BCUT2D eigenvalue weighted by molar-refractivity contribution is 4.80. The maximum Gasteiger partial charge on any atom is 0.0623 e. The molecule has 0 saturated heterocycles.